The zero-order valence-electron chi connectivity index (χ0n) is 8.95. The van der Waals surface area contributed by atoms with E-state index in [1.54, 1.807) is 0 Å². The topological polar surface area (TPSA) is 62.1 Å². The van der Waals surface area contributed by atoms with E-state index < -0.39 is 5.41 Å². The van der Waals surface area contributed by atoms with Crippen molar-refractivity contribution in [2.75, 3.05) is 13.2 Å². The number of nitriles is 1. The standard InChI is InChI=1S/C11H16N2O2/c1-2-15-10(14)11-4-3-5-13-9(11)8(6-11)7-12/h8-9,13H,2-6H2,1H3/t8-,9+,11+/m1/s1. The summed E-state index contributed by atoms with van der Waals surface area (Å²) in [5, 5.41) is 12.2. The van der Waals surface area contributed by atoms with Crippen LogP contribution in [0.2, 0.25) is 0 Å². The molecule has 2 aliphatic rings. The van der Waals surface area contributed by atoms with Gasteiger partial charge in [-0.1, -0.05) is 0 Å². The Hall–Kier alpha value is -1.08. The Morgan fingerprint density at radius 2 is 2.53 bits per heavy atom. The van der Waals surface area contributed by atoms with Crippen molar-refractivity contribution in [2.24, 2.45) is 11.3 Å². The number of ether oxygens (including phenoxy) is 1. The van der Waals surface area contributed by atoms with Crippen LogP contribution in [0.3, 0.4) is 0 Å². The molecule has 0 radical (unpaired) electrons. The summed E-state index contributed by atoms with van der Waals surface area (Å²) < 4.78 is 5.11. The van der Waals surface area contributed by atoms with Gasteiger partial charge in [-0.25, -0.2) is 0 Å². The van der Waals surface area contributed by atoms with Crippen molar-refractivity contribution in [3.05, 3.63) is 0 Å². The summed E-state index contributed by atoms with van der Waals surface area (Å²) in [6.45, 7) is 3.15. The van der Waals surface area contributed by atoms with E-state index in [4.69, 9.17) is 10.00 Å². The lowest BCUT2D eigenvalue weighted by molar-refractivity contribution is -0.170. The van der Waals surface area contributed by atoms with Gasteiger partial charge in [-0.3, -0.25) is 4.79 Å². The minimum Gasteiger partial charge on any atom is -0.466 e. The summed E-state index contributed by atoms with van der Waals surface area (Å²) in [5.74, 6) is -0.136. The van der Waals surface area contributed by atoms with Gasteiger partial charge in [0.2, 0.25) is 0 Å². The highest BCUT2D eigenvalue weighted by Gasteiger charge is 2.60. The molecule has 1 aliphatic heterocycles. The van der Waals surface area contributed by atoms with Crippen LogP contribution < -0.4 is 5.32 Å². The number of piperidine rings is 1. The summed E-state index contributed by atoms with van der Waals surface area (Å²) in [4.78, 5) is 11.9. The fraction of sp³-hybridized carbons (Fsp3) is 0.818. The second-order valence-corrected chi connectivity index (χ2v) is 4.35. The van der Waals surface area contributed by atoms with Crippen molar-refractivity contribution in [1.82, 2.24) is 5.32 Å². The third-order valence-corrected chi connectivity index (χ3v) is 3.59. The first kappa shape index (κ1) is 10.4. The van der Waals surface area contributed by atoms with E-state index in [0.717, 1.165) is 19.4 Å². The van der Waals surface area contributed by atoms with Crippen LogP contribution in [0, 0.1) is 22.7 Å². The number of carbonyl (C=O) groups excluding carboxylic acids is 1. The molecular weight excluding hydrogens is 192 g/mol. The Morgan fingerprint density at radius 3 is 3.20 bits per heavy atom. The largest absolute Gasteiger partial charge is 0.466 e. The molecular formula is C11H16N2O2. The third-order valence-electron chi connectivity index (χ3n) is 3.59. The molecule has 1 heterocycles. The van der Waals surface area contributed by atoms with Gasteiger partial charge in [0.1, 0.15) is 0 Å². The molecule has 4 heteroatoms. The van der Waals surface area contributed by atoms with E-state index in [-0.39, 0.29) is 17.9 Å². The van der Waals surface area contributed by atoms with Gasteiger partial charge in [-0.2, -0.15) is 5.26 Å². The van der Waals surface area contributed by atoms with Crippen LogP contribution in [0.5, 0.6) is 0 Å². The quantitative estimate of drug-likeness (QED) is 0.683. The van der Waals surface area contributed by atoms with Gasteiger partial charge in [0.05, 0.1) is 24.0 Å². The molecule has 0 aromatic carbocycles. The monoisotopic (exact) mass is 208 g/mol. The molecule has 15 heavy (non-hydrogen) atoms. The number of nitrogens with one attached hydrogen (secondary N) is 1. The molecule has 1 saturated carbocycles. The molecule has 0 aromatic rings. The molecule has 0 unspecified atom stereocenters. The van der Waals surface area contributed by atoms with Crippen LogP contribution in [0.15, 0.2) is 0 Å². The molecule has 1 N–H and O–H groups in total. The number of nitrogens with zero attached hydrogens (tertiary/aromatic N) is 1. The Labute approximate surface area is 89.6 Å². The molecule has 2 fully saturated rings. The molecule has 1 saturated heterocycles. The molecule has 1 aliphatic carbocycles. The maximum absolute atomic E-state index is 11.9. The first-order valence-corrected chi connectivity index (χ1v) is 5.55. The van der Waals surface area contributed by atoms with Gasteiger partial charge >= 0.3 is 5.97 Å². The SMILES string of the molecule is CCOC(=O)[C@]12CCCN[C@H]1[C@@H](C#N)C2. The Balaban J connectivity index is 2.12. The average Bonchev–Trinajstić information content (AvgIpc) is 2.21. The lowest BCUT2D eigenvalue weighted by Gasteiger charge is -2.53. The van der Waals surface area contributed by atoms with E-state index in [0.29, 0.717) is 13.0 Å². The number of esters is 1. The third kappa shape index (κ3) is 1.42. The van der Waals surface area contributed by atoms with Crippen molar-refractivity contribution in [3.63, 3.8) is 0 Å². The highest BCUT2D eigenvalue weighted by Crippen LogP contribution is 2.51. The molecule has 0 amide bonds. The van der Waals surface area contributed by atoms with Crippen LogP contribution >= 0.6 is 0 Å². The van der Waals surface area contributed by atoms with E-state index in [9.17, 15) is 4.79 Å². The highest BCUT2D eigenvalue weighted by molar-refractivity contribution is 5.80. The van der Waals surface area contributed by atoms with E-state index in [1.165, 1.54) is 0 Å². The van der Waals surface area contributed by atoms with Gasteiger partial charge < -0.3 is 10.1 Å². The molecule has 0 spiro atoms. The molecule has 82 valence electrons. The van der Waals surface area contributed by atoms with Crippen LogP contribution in [0.4, 0.5) is 0 Å². The minimum absolute atomic E-state index is 0.0188. The molecule has 0 aromatic heterocycles. The Morgan fingerprint density at radius 1 is 1.73 bits per heavy atom. The first-order chi connectivity index (χ1) is 7.24. The van der Waals surface area contributed by atoms with Crippen molar-refractivity contribution < 1.29 is 9.53 Å². The number of rotatable bonds is 2. The minimum atomic E-state index is -0.394. The summed E-state index contributed by atoms with van der Waals surface area (Å²) in [6.07, 6.45) is 2.52. The second kappa shape index (κ2) is 3.82. The average molecular weight is 208 g/mol. The maximum Gasteiger partial charge on any atom is 0.313 e. The molecule has 2 rings (SSSR count). The van der Waals surface area contributed by atoms with Crippen LogP contribution in [-0.4, -0.2) is 25.2 Å². The normalized spacial score (nSPS) is 38.4. The predicted molar refractivity (Wildman–Crippen MR) is 53.8 cm³/mol. The summed E-state index contributed by atoms with van der Waals surface area (Å²) in [6, 6.07) is 2.28. The van der Waals surface area contributed by atoms with E-state index >= 15 is 0 Å². The van der Waals surface area contributed by atoms with Crippen molar-refractivity contribution in [1.29, 1.82) is 5.26 Å². The fourth-order valence-corrected chi connectivity index (χ4v) is 2.83. The van der Waals surface area contributed by atoms with Gasteiger partial charge in [-0.05, 0) is 32.7 Å². The van der Waals surface area contributed by atoms with Gasteiger partial charge in [0.25, 0.3) is 0 Å². The smallest absolute Gasteiger partial charge is 0.313 e. The molecule has 0 bridgehead atoms. The summed E-state index contributed by atoms with van der Waals surface area (Å²) >= 11 is 0. The zero-order valence-corrected chi connectivity index (χ0v) is 8.95. The lowest BCUT2D eigenvalue weighted by Crippen LogP contribution is -2.66. The maximum atomic E-state index is 11.9. The van der Waals surface area contributed by atoms with Crippen LogP contribution in [0.25, 0.3) is 0 Å². The Bertz CT molecular complexity index is 310. The number of hydrogen-bond acceptors (Lipinski definition) is 4. The highest BCUT2D eigenvalue weighted by atomic mass is 16.5. The number of fused-ring (bicyclic) bond motifs is 1. The van der Waals surface area contributed by atoms with Gasteiger partial charge in [-0.15, -0.1) is 0 Å². The van der Waals surface area contributed by atoms with Crippen molar-refractivity contribution in [2.45, 2.75) is 32.2 Å². The predicted octanol–water partition coefficient (Wildman–Crippen LogP) is 0.831. The Kier molecular flexibility index (Phi) is 2.66. The van der Waals surface area contributed by atoms with Crippen molar-refractivity contribution in [3.8, 4) is 6.07 Å². The summed E-state index contributed by atoms with van der Waals surface area (Å²) in [5.41, 5.74) is -0.394. The van der Waals surface area contributed by atoms with E-state index in [1.807, 2.05) is 6.92 Å². The summed E-state index contributed by atoms with van der Waals surface area (Å²) in [7, 11) is 0. The number of carbonyl (C=O) groups is 1. The molecule has 3 atom stereocenters. The van der Waals surface area contributed by atoms with Crippen LogP contribution in [-0.2, 0) is 9.53 Å². The fourth-order valence-electron chi connectivity index (χ4n) is 2.83. The first-order valence-electron chi connectivity index (χ1n) is 5.55. The van der Waals surface area contributed by atoms with Crippen molar-refractivity contribution >= 4 is 5.97 Å². The zero-order chi connectivity index (χ0) is 10.9. The number of hydrogen-bond donors (Lipinski definition) is 1. The van der Waals surface area contributed by atoms with Gasteiger partial charge in [0.15, 0.2) is 0 Å². The second-order valence-electron chi connectivity index (χ2n) is 4.35. The van der Waals surface area contributed by atoms with Crippen LogP contribution in [0.1, 0.15) is 26.2 Å². The van der Waals surface area contributed by atoms with E-state index in [2.05, 4.69) is 11.4 Å². The molecule has 4 nitrogen and oxygen atoms in total. The van der Waals surface area contributed by atoms with Gasteiger partial charge in [0, 0.05) is 6.04 Å². The lowest BCUT2D eigenvalue weighted by atomic mass is 9.54.